The minimum Gasteiger partial charge on any atom is -0.493 e. The summed E-state index contributed by atoms with van der Waals surface area (Å²) in [6.07, 6.45) is 2.98. The zero-order chi connectivity index (χ0) is 29.9. The van der Waals surface area contributed by atoms with E-state index in [0.29, 0.717) is 28.0 Å². The number of esters is 1. The van der Waals surface area contributed by atoms with Crippen molar-refractivity contribution in [2.45, 2.75) is 0 Å². The molecule has 0 radical (unpaired) electrons. The number of benzene rings is 4. The van der Waals surface area contributed by atoms with Crippen LogP contribution in [0.15, 0.2) is 114 Å². The average molecular weight is 563 g/mol. The maximum Gasteiger partial charge on any atom is 0.343 e. The van der Waals surface area contributed by atoms with Crippen LogP contribution in [0.4, 0.5) is 5.69 Å². The lowest BCUT2D eigenvalue weighted by Crippen LogP contribution is -2.32. The minimum absolute atomic E-state index is 0.0133. The average Bonchev–Trinajstić information content (AvgIpc) is 3.02. The summed E-state index contributed by atoms with van der Waals surface area (Å²) in [6, 6.07) is 29.6. The van der Waals surface area contributed by atoms with Gasteiger partial charge in [-0.25, -0.2) is 10.2 Å². The number of methoxy groups -OCH3 is 1. The van der Waals surface area contributed by atoms with Crippen molar-refractivity contribution >= 4 is 35.8 Å². The van der Waals surface area contributed by atoms with Crippen LogP contribution in [0.2, 0.25) is 0 Å². The van der Waals surface area contributed by atoms with Crippen LogP contribution in [0.1, 0.15) is 31.8 Å². The summed E-state index contributed by atoms with van der Waals surface area (Å²) in [5.74, 6) is -1.02. The van der Waals surface area contributed by atoms with Crippen molar-refractivity contribution in [1.82, 2.24) is 10.7 Å². The fourth-order valence-electron chi connectivity index (χ4n) is 3.79. The molecule has 0 spiro atoms. The van der Waals surface area contributed by atoms with Gasteiger partial charge in [0.15, 0.2) is 11.5 Å². The number of hydrazone groups is 1. The third kappa shape index (κ3) is 7.92. The highest BCUT2D eigenvalue weighted by molar-refractivity contribution is 6.05. The van der Waals surface area contributed by atoms with Gasteiger partial charge >= 0.3 is 5.97 Å². The number of nitrogens with zero attached hydrogens (tertiary/aromatic N) is 2. The van der Waals surface area contributed by atoms with Crippen molar-refractivity contribution in [3.63, 3.8) is 0 Å². The largest absolute Gasteiger partial charge is 0.493 e. The SMILES string of the molecule is COc1cc(/C=N\NC(=O)/C(=C/c2ccc(N(C)C)cc2)NC(=O)c2ccccc2)ccc1OC(=O)c1ccccc1. The monoisotopic (exact) mass is 562 g/mol. The van der Waals surface area contributed by atoms with Crippen LogP contribution in [0, 0.1) is 0 Å². The molecule has 0 aliphatic heterocycles. The molecule has 9 nitrogen and oxygen atoms in total. The van der Waals surface area contributed by atoms with Crippen LogP contribution < -0.4 is 25.1 Å². The molecule has 0 heterocycles. The van der Waals surface area contributed by atoms with Gasteiger partial charge < -0.3 is 19.7 Å². The maximum absolute atomic E-state index is 13.1. The summed E-state index contributed by atoms with van der Waals surface area (Å²) >= 11 is 0. The van der Waals surface area contributed by atoms with Crippen molar-refractivity contribution in [1.29, 1.82) is 0 Å². The van der Waals surface area contributed by atoms with Gasteiger partial charge in [-0.2, -0.15) is 5.10 Å². The van der Waals surface area contributed by atoms with Crippen molar-refractivity contribution in [2.24, 2.45) is 5.10 Å². The molecule has 2 amide bonds. The van der Waals surface area contributed by atoms with Crippen LogP contribution in [-0.2, 0) is 4.79 Å². The molecule has 0 unspecified atom stereocenters. The van der Waals surface area contributed by atoms with Crippen LogP contribution in [0.25, 0.3) is 6.08 Å². The van der Waals surface area contributed by atoms with Crippen molar-refractivity contribution in [3.8, 4) is 11.5 Å². The Morgan fingerprint density at radius 1 is 0.762 bits per heavy atom. The maximum atomic E-state index is 13.1. The van der Waals surface area contributed by atoms with E-state index >= 15 is 0 Å². The van der Waals surface area contributed by atoms with E-state index in [1.54, 1.807) is 78.9 Å². The molecule has 0 atom stereocenters. The highest BCUT2D eigenvalue weighted by atomic mass is 16.6. The Balaban J connectivity index is 1.49. The van der Waals surface area contributed by atoms with E-state index in [1.165, 1.54) is 13.3 Å². The predicted molar refractivity (Wildman–Crippen MR) is 163 cm³/mol. The minimum atomic E-state index is -0.618. The summed E-state index contributed by atoms with van der Waals surface area (Å²) < 4.78 is 10.9. The number of nitrogens with one attached hydrogen (secondary N) is 2. The molecule has 42 heavy (non-hydrogen) atoms. The number of anilines is 1. The predicted octanol–water partition coefficient (Wildman–Crippen LogP) is 4.90. The van der Waals surface area contributed by atoms with Crippen LogP contribution in [-0.4, -0.2) is 45.2 Å². The van der Waals surface area contributed by atoms with E-state index in [9.17, 15) is 14.4 Å². The van der Waals surface area contributed by atoms with E-state index in [1.807, 2.05) is 49.3 Å². The van der Waals surface area contributed by atoms with E-state index < -0.39 is 17.8 Å². The quantitative estimate of drug-likeness (QED) is 0.0936. The Morgan fingerprint density at radius 3 is 2.00 bits per heavy atom. The number of hydrogen-bond acceptors (Lipinski definition) is 7. The van der Waals surface area contributed by atoms with Gasteiger partial charge in [0.1, 0.15) is 5.70 Å². The molecule has 0 aliphatic rings. The number of rotatable bonds is 10. The summed E-state index contributed by atoms with van der Waals surface area (Å²) in [4.78, 5) is 40.3. The normalized spacial score (nSPS) is 11.1. The molecule has 0 saturated heterocycles. The zero-order valence-electron chi connectivity index (χ0n) is 23.4. The molecule has 0 saturated carbocycles. The number of carbonyl (C=O) groups excluding carboxylic acids is 3. The first-order chi connectivity index (χ1) is 20.3. The molecule has 4 rings (SSSR count). The molecular formula is C33H30N4O5. The van der Waals surface area contributed by atoms with E-state index in [2.05, 4.69) is 15.8 Å². The molecule has 4 aromatic carbocycles. The topological polar surface area (TPSA) is 109 Å². The molecular weight excluding hydrogens is 532 g/mol. The molecule has 4 aromatic rings. The standard InChI is InChI=1S/C33H30N4O5/c1-37(2)27-17-14-23(15-18-27)20-28(35-31(38)25-10-6-4-7-11-25)32(39)36-34-22-24-16-19-29(30(21-24)41-3)42-33(40)26-12-8-5-9-13-26/h4-22H,1-3H3,(H,35,38)(H,36,39)/b28-20-,34-22-. The molecule has 2 N–H and O–H groups in total. The van der Waals surface area contributed by atoms with E-state index in [0.717, 1.165) is 5.69 Å². The van der Waals surface area contributed by atoms with Gasteiger partial charge in [0.25, 0.3) is 11.8 Å². The summed E-state index contributed by atoms with van der Waals surface area (Å²) in [5.41, 5.74) is 5.57. The Morgan fingerprint density at radius 2 is 1.38 bits per heavy atom. The molecule has 0 aliphatic carbocycles. The number of amides is 2. The summed E-state index contributed by atoms with van der Waals surface area (Å²) in [7, 11) is 5.32. The van der Waals surface area contributed by atoms with Gasteiger partial charge in [-0.3, -0.25) is 9.59 Å². The van der Waals surface area contributed by atoms with Crippen LogP contribution in [0.5, 0.6) is 11.5 Å². The number of ether oxygens (including phenoxy) is 2. The fraction of sp³-hybridized carbons (Fsp3) is 0.0909. The second-order valence-corrected chi connectivity index (χ2v) is 9.23. The van der Waals surface area contributed by atoms with Crippen molar-refractivity contribution in [3.05, 3.63) is 131 Å². The van der Waals surface area contributed by atoms with Gasteiger partial charge in [-0.1, -0.05) is 48.5 Å². The Bertz CT molecular complexity index is 1600. The Kier molecular flexibility index (Phi) is 9.82. The number of carbonyl (C=O) groups is 3. The van der Waals surface area contributed by atoms with Crippen molar-refractivity contribution in [2.75, 3.05) is 26.1 Å². The lowest BCUT2D eigenvalue weighted by atomic mass is 10.1. The van der Waals surface area contributed by atoms with Gasteiger partial charge in [0, 0.05) is 25.3 Å². The smallest absolute Gasteiger partial charge is 0.343 e. The third-order valence-corrected chi connectivity index (χ3v) is 6.03. The third-order valence-electron chi connectivity index (χ3n) is 6.03. The summed E-state index contributed by atoms with van der Waals surface area (Å²) in [6.45, 7) is 0. The molecule has 0 bridgehead atoms. The van der Waals surface area contributed by atoms with Crippen LogP contribution in [0.3, 0.4) is 0 Å². The van der Waals surface area contributed by atoms with Gasteiger partial charge in [0.2, 0.25) is 0 Å². The lowest BCUT2D eigenvalue weighted by Gasteiger charge is -2.13. The van der Waals surface area contributed by atoms with Gasteiger partial charge in [-0.05, 0) is 71.8 Å². The lowest BCUT2D eigenvalue weighted by molar-refractivity contribution is -0.117. The first kappa shape index (κ1) is 29.3. The van der Waals surface area contributed by atoms with Gasteiger partial charge in [0.05, 0.1) is 18.9 Å². The second-order valence-electron chi connectivity index (χ2n) is 9.23. The molecule has 0 aromatic heterocycles. The molecule has 212 valence electrons. The van der Waals surface area contributed by atoms with E-state index in [4.69, 9.17) is 9.47 Å². The van der Waals surface area contributed by atoms with E-state index in [-0.39, 0.29) is 11.4 Å². The van der Waals surface area contributed by atoms with Crippen LogP contribution >= 0.6 is 0 Å². The zero-order valence-corrected chi connectivity index (χ0v) is 23.4. The highest BCUT2D eigenvalue weighted by Gasteiger charge is 2.15. The summed E-state index contributed by atoms with van der Waals surface area (Å²) in [5, 5.41) is 6.73. The first-order valence-corrected chi connectivity index (χ1v) is 13.0. The highest BCUT2D eigenvalue weighted by Crippen LogP contribution is 2.28. The van der Waals surface area contributed by atoms with Crippen molar-refractivity contribution < 1.29 is 23.9 Å². The molecule has 9 heteroatoms. The molecule has 0 fully saturated rings. The van der Waals surface area contributed by atoms with Gasteiger partial charge in [-0.15, -0.1) is 0 Å². The first-order valence-electron chi connectivity index (χ1n) is 13.0. The second kappa shape index (κ2) is 14.1. The fourth-order valence-corrected chi connectivity index (χ4v) is 3.79. The number of hydrogen-bond donors (Lipinski definition) is 2. The Hall–Kier alpha value is -5.70. The Labute approximate surface area is 244 Å².